The third kappa shape index (κ3) is 2.08. The Hall–Kier alpha value is -0.610. The van der Waals surface area contributed by atoms with E-state index in [1.807, 2.05) is 11.3 Å². The molecule has 3 atom stereocenters. The maximum absolute atomic E-state index is 6.07. The van der Waals surface area contributed by atoms with Crippen LogP contribution in [-0.4, -0.2) is 24.1 Å². The summed E-state index contributed by atoms with van der Waals surface area (Å²) in [4.78, 5) is 8.52. The first-order valence-corrected chi connectivity index (χ1v) is 7.39. The molecule has 2 N–H and O–H groups in total. The van der Waals surface area contributed by atoms with E-state index in [0.29, 0.717) is 6.04 Å². The lowest BCUT2D eigenvalue weighted by molar-refractivity contribution is 0.271. The Balaban J connectivity index is 1.75. The van der Waals surface area contributed by atoms with Crippen molar-refractivity contribution in [3.8, 4) is 0 Å². The molecule has 17 heavy (non-hydrogen) atoms. The normalized spacial score (nSPS) is 32.9. The van der Waals surface area contributed by atoms with Gasteiger partial charge in [-0.05, 0) is 44.9 Å². The summed E-state index contributed by atoms with van der Waals surface area (Å²) in [7, 11) is 0. The molecule has 4 heteroatoms. The average Bonchev–Trinajstić information content (AvgIpc) is 2.83. The van der Waals surface area contributed by atoms with Gasteiger partial charge in [-0.1, -0.05) is 0 Å². The summed E-state index contributed by atoms with van der Waals surface area (Å²) in [6.45, 7) is 6.64. The van der Waals surface area contributed by atoms with E-state index in [1.165, 1.54) is 48.1 Å². The summed E-state index contributed by atoms with van der Waals surface area (Å²) >= 11 is 1.84. The van der Waals surface area contributed by atoms with E-state index in [2.05, 4.69) is 23.7 Å². The highest BCUT2D eigenvalue weighted by molar-refractivity contribution is 7.15. The Kier molecular flexibility index (Phi) is 2.87. The molecule has 3 rings (SSSR count). The van der Waals surface area contributed by atoms with Gasteiger partial charge in [-0.25, -0.2) is 4.98 Å². The van der Waals surface area contributed by atoms with Gasteiger partial charge in [0.25, 0.3) is 0 Å². The SMILES string of the molecule is Cc1nc(N2C[C@H]3CCC(N)C[C@H]3C2)sc1C. The molecule has 1 unspecified atom stereocenters. The molecule has 1 saturated carbocycles. The molecule has 1 aromatic heterocycles. The number of thiazole rings is 1. The first kappa shape index (κ1) is 11.5. The second-order valence-corrected chi connectivity index (χ2v) is 6.82. The van der Waals surface area contributed by atoms with Crippen molar-refractivity contribution in [2.45, 2.75) is 39.2 Å². The molecule has 0 amide bonds. The summed E-state index contributed by atoms with van der Waals surface area (Å²) in [5.41, 5.74) is 7.26. The summed E-state index contributed by atoms with van der Waals surface area (Å²) in [5.74, 6) is 1.67. The van der Waals surface area contributed by atoms with E-state index in [0.717, 1.165) is 11.8 Å². The lowest BCUT2D eigenvalue weighted by Crippen LogP contribution is -2.32. The van der Waals surface area contributed by atoms with Gasteiger partial charge in [-0.3, -0.25) is 0 Å². The molecule has 1 aromatic rings. The Morgan fingerprint density at radius 3 is 2.71 bits per heavy atom. The summed E-state index contributed by atoms with van der Waals surface area (Å²) < 4.78 is 0. The Labute approximate surface area is 107 Å². The first-order valence-electron chi connectivity index (χ1n) is 6.58. The molecule has 1 saturated heterocycles. The largest absolute Gasteiger partial charge is 0.348 e. The quantitative estimate of drug-likeness (QED) is 0.833. The van der Waals surface area contributed by atoms with Gasteiger partial charge in [0.1, 0.15) is 0 Å². The maximum atomic E-state index is 6.07. The number of nitrogens with two attached hydrogens (primary N) is 1. The molecule has 1 aliphatic heterocycles. The number of aromatic nitrogens is 1. The summed E-state index contributed by atoms with van der Waals surface area (Å²) in [6, 6.07) is 0.441. The molecule has 0 radical (unpaired) electrons. The van der Waals surface area contributed by atoms with Crippen LogP contribution in [0, 0.1) is 25.7 Å². The van der Waals surface area contributed by atoms with Crippen LogP contribution < -0.4 is 10.6 Å². The number of nitrogens with zero attached hydrogens (tertiary/aromatic N) is 2. The predicted molar refractivity (Wildman–Crippen MR) is 72.6 cm³/mol. The molecule has 0 bridgehead atoms. The first-order chi connectivity index (χ1) is 8.13. The minimum Gasteiger partial charge on any atom is -0.348 e. The third-order valence-corrected chi connectivity index (χ3v) is 5.51. The molecule has 2 fully saturated rings. The van der Waals surface area contributed by atoms with Crippen LogP contribution in [-0.2, 0) is 0 Å². The highest BCUT2D eigenvalue weighted by atomic mass is 32.1. The lowest BCUT2D eigenvalue weighted by atomic mass is 9.79. The second kappa shape index (κ2) is 4.25. The monoisotopic (exact) mass is 251 g/mol. The standard InChI is InChI=1S/C13H21N3S/c1-8-9(2)17-13(15-8)16-6-10-3-4-12(14)5-11(10)7-16/h10-12H,3-7,14H2,1-2H3/t10-,11+,12?/m1/s1. The number of hydrogen-bond donors (Lipinski definition) is 1. The van der Waals surface area contributed by atoms with Crippen molar-refractivity contribution in [2.75, 3.05) is 18.0 Å². The fourth-order valence-corrected chi connectivity index (χ4v) is 4.14. The fraction of sp³-hybridized carbons (Fsp3) is 0.769. The predicted octanol–water partition coefficient (Wildman–Crippen LogP) is 2.32. The van der Waals surface area contributed by atoms with Gasteiger partial charge in [-0.2, -0.15) is 0 Å². The molecule has 2 aliphatic rings. The van der Waals surface area contributed by atoms with Gasteiger partial charge in [0.05, 0.1) is 5.69 Å². The van der Waals surface area contributed by atoms with Crippen LogP contribution in [0.25, 0.3) is 0 Å². The number of hydrogen-bond acceptors (Lipinski definition) is 4. The van der Waals surface area contributed by atoms with E-state index in [4.69, 9.17) is 5.73 Å². The fourth-order valence-electron chi connectivity index (χ4n) is 3.21. The van der Waals surface area contributed by atoms with Gasteiger partial charge in [-0.15, -0.1) is 11.3 Å². The summed E-state index contributed by atoms with van der Waals surface area (Å²) in [6.07, 6.45) is 3.74. The van der Waals surface area contributed by atoms with Gasteiger partial charge in [0.2, 0.25) is 0 Å². The van der Waals surface area contributed by atoms with Crippen molar-refractivity contribution in [2.24, 2.45) is 17.6 Å². The average molecular weight is 251 g/mol. The minimum absolute atomic E-state index is 0.441. The van der Waals surface area contributed by atoms with Crippen molar-refractivity contribution in [3.63, 3.8) is 0 Å². The van der Waals surface area contributed by atoms with Crippen LogP contribution in [0.15, 0.2) is 0 Å². The van der Waals surface area contributed by atoms with Crippen LogP contribution in [0.1, 0.15) is 29.8 Å². The Morgan fingerprint density at radius 2 is 2.00 bits per heavy atom. The Bertz CT molecular complexity index is 395. The molecular formula is C13H21N3S. The smallest absolute Gasteiger partial charge is 0.185 e. The van der Waals surface area contributed by atoms with Crippen LogP contribution in [0.5, 0.6) is 0 Å². The third-order valence-electron chi connectivity index (χ3n) is 4.38. The van der Waals surface area contributed by atoms with Crippen LogP contribution >= 0.6 is 11.3 Å². The van der Waals surface area contributed by atoms with E-state index in [9.17, 15) is 0 Å². The zero-order chi connectivity index (χ0) is 12.0. The molecule has 0 aromatic carbocycles. The molecule has 94 valence electrons. The van der Waals surface area contributed by atoms with Crippen LogP contribution in [0.4, 0.5) is 5.13 Å². The Morgan fingerprint density at radius 1 is 1.24 bits per heavy atom. The summed E-state index contributed by atoms with van der Waals surface area (Å²) in [5, 5.41) is 1.22. The van der Waals surface area contributed by atoms with Gasteiger partial charge < -0.3 is 10.6 Å². The lowest BCUT2D eigenvalue weighted by Gasteiger charge is -2.27. The van der Waals surface area contributed by atoms with Crippen molar-refractivity contribution < 1.29 is 0 Å². The highest BCUT2D eigenvalue weighted by Crippen LogP contribution is 2.39. The highest BCUT2D eigenvalue weighted by Gasteiger charge is 2.37. The molecule has 3 nitrogen and oxygen atoms in total. The van der Waals surface area contributed by atoms with Crippen molar-refractivity contribution in [1.82, 2.24) is 4.98 Å². The minimum atomic E-state index is 0.441. The molecule has 2 heterocycles. The van der Waals surface area contributed by atoms with Gasteiger partial charge in [0, 0.05) is 24.0 Å². The van der Waals surface area contributed by atoms with Gasteiger partial charge >= 0.3 is 0 Å². The van der Waals surface area contributed by atoms with E-state index < -0.39 is 0 Å². The van der Waals surface area contributed by atoms with Crippen LogP contribution in [0.3, 0.4) is 0 Å². The molecular weight excluding hydrogens is 230 g/mol. The zero-order valence-electron chi connectivity index (χ0n) is 10.6. The van der Waals surface area contributed by atoms with E-state index in [-0.39, 0.29) is 0 Å². The van der Waals surface area contributed by atoms with Crippen molar-refractivity contribution in [3.05, 3.63) is 10.6 Å². The van der Waals surface area contributed by atoms with E-state index >= 15 is 0 Å². The number of rotatable bonds is 1. The number of fused-ring (bicyclic) bond motifs is 1. The topological polar surface area (TPSA) is 42.2 Å². The van der Waals surface area contributed by atoms with E-state index in [1.54, 1.807) is 0 Å². The molecule has 1 aliphatic carbocycles. The van der Waals surface area contributed by atoms with Crippen molar-refractivity contribution in [1.29, 1.82) is 0 Å². The number of anilines is 1. The number of aryl methyl sites for hydroxylation is 2. The zero-order valence-corrected chi connectivity index (χ0v) is 11.5. The second-order valence-electron chi connectivity index (χ2n) is 5.64. The molecule has 0 spiro atoms. The van der Waals surface area contributed by atoms with Crippen LogP contribution in [0.2, 0.25) is 0 Å². The van der Waals surface area contributed by atoms with Crippen molar-refractivity contribution >= 4 is 16.5 Å². The van der Waals surface area contributed by atoms with Gasteiger partial charge in [0.15, 0.2) is 5.13 Å². The maximum Gasteiger partial charge on any atom is 0.185 e.